The molecule has 0 spiro atoms. The Kier molecular flexibility index (Phi) is 7.38. The van der Waals surface area contributed by atoms with E-state index in [0.29, 0.717) is 26.3 Å². The molecule has 1 aromatic heterocycles. The number of halogens is 1. The fourth-order valence-electron chi connectivity index (χ4n) is 2.32. The third-order valence-electron chi connectivity index (χ3n) is 4.00. The van der Waals surface area contributed by atoms with Crippen molar-refractivity contribution in [3.8, 4) is 0 Å². The molecule has 1 N–H and O–H groups in total. The molecular formula is C21H25ClN2O3S. The van der Waals surface area contributed by atoms with Crippen molar-refractivity contribution in [1.29, 1.82) is 0 Å². The van der Waals surface area contributed by atoms with Crippen molar-refractivity contribution in [3.63, 3.8) is 0 Å². The highest BCUT2D eigenvalue weighted by molar-refractivity contribution is 7.07. The molecule has 1 amide bonds. The molecule has 0 saturated heterocycles. The number of aromatic nitrogens is 1. The molecule has 2 rings (SSSR count). The van der Waals surface area contributed by atoms with Gasteiger partial charge in [-0.3, -0.25) is 19.0 Å². The Balaban J connectivity index is 2.61. The second-order valence-electron chi connectivity index (χ2n) is 7.47. The van der Waals surface area contributed by atoms with Gasteiger partial charge in [-0.25, -0.2) is 0 Å². The third-order valence-corrected chi connectivity index (χ3v) is 5.40. The number of ketones is 1. The quantitative estimate of drug-likeness (QED) is 0.779. The van der Waals surface area contributed by atoms with Gasteiger partial charge in [-0.1, -0.05) is 57.5 Å². The van der Waals surface area contributed by atoms with Crippen molar-refractivity contribution in [2.75, 3.05) is 6.54 Å². The SMILES string of the molecule is CCCNC(=O)Cn1c(=O)/c(=C\c2ccccc2Cl)s/c1=C\C(=O)C(C)(C)C. The summed E-state index contributed by atoms with van der Waals surface area (Å²) in [7, 11) is 0. The minimum Gasteiger partial charge on any atom is -0.355 e. The van der Waals surface area contributed by atoms with Crippen LogP contribution in [0.25, 0.3) is 12.2 Å². The molecule has 0 atom stereocenters. The minimum absolute atomic E-state index is 0.110. The topological polar surface area (TPSA) is 68.2 Å². The van der Waals surface area contributed by atoms with E-state index < -0.39 is 5.41 Å². The molecule has 5 nitrogen and oxygen atoms in total. The predicted octanol–water partition coefficient (Wildman–Crippen LogP) is 2.31. The van der Waals surface area contributed by atoms with Gasteiger partial charge in [0.25, 0.3) is 5.56 Å². The van der Waals surface area contributed by atoms with Crippen molar-refractivity contribution >= 4 is 46.8 Å². The van der Waals surface area contributed by atoms with Crippen LogP contribution in [-0.2, 0) is 16.1 Å². The number of benzene rings is 1. The van der Waals surface area contributed by atoms with Gasteiger partial charge < -0.3 is 5.32 Å². The first-order valence-electron chi connectivity index (χ1n) is 9.12. The summed E-state index contributed by atoms with van der Waals surface area (Å²) in [6.45, 7) is 7.80. The molecule has 0 aliphatic rings. The summed E-state index contributed by atoms with van der Waals surface area (Å²) in [6.07, 6.45) is 3.94. The number of carbonyl (C=O) groups is 2. The van der Waals surface area contributed by atoms with Gasteiger partial charge >= 0.3 is 0 Å². The average Bonchev–Trinajstić information content (AvgIpc) is 2.90. The molecular weight excluding hydrogens is 396 g/mol. The van der Waals surface area contributed by atoms with Crippen molar-refractivity contribution in [3.05, 3.63) is 54.4 Å². The first-order chi connectivity index (χ1) is 13.1. The molecule has 7 heteroatoms. The smallest absolute Gasteiger partial charge is 0.269 e. The first kappa shape index (κ1) is 22.1. The molecule has 0 aliphatic carbocycles. The van der Waals surface area contributed by atoms with Crippen molar-refractivity contribution in [2.24, 2.45) is 5.41 Å². The lowest BCUT2D eigenvalue weighted by molar-refractivity contribution is -0.122. The van der Waals surface area contributed by atoms with Crippen LogP contribution in [0.3, 0.4) is 0 Å². The molecule has 0 radical (unpaired) electrons. The predicted molar refractivity (Wildman–Crippen MR) is 115 cm³/mol. The highest BCUT2D eigenvalue weighted by Gasteiger charge is 2.20. The summed E-state index contributed by atoms with van der Waals surface area (Å²) in [5.41, 5.74) is -0.189. The largest absolute Gasteiger partial charge is 0.355 e. The fourth-order valence-corrected chi connectivity index (χ4v) is 3.54. The molecule has 0 unspecified atom stereocenters. The van der Waals surface area contributed by atoms with Gasteiger partial charge in [0.1, 0.15) is 11.2 Å². The zero-order valence-corrected chi connectivity index (χ0v) is 18.1. The van der Waals surface area contributed by atoms with Gasteiger partial charge in [-0.2, -0.15) is 0 Å². The summed E-state index contributed by atoms with van der Waals surface area (Å²) in [6, 6.07) is 7.20. The summed E-state index contributed by atoms with van der Waals surface area (Å²) < 4.78 is 2.22. The molecule has 2 aromatic rings. The molecule has 0 saturated carbocycles. The summed E-state index contributed by atoms with van der Waals surface area (Å²) >= 11 is 7.38. The van der Waals surface area contributed by atoms with Crippen molar-refractivity contribution in [1.82, 2.24) is 9.88 Å². The number of nitrogens with one attached hydrogen (secondary N) is 1. The van der Waals surface area contributed by atoms with Crippen LogP contribution in [0, 0.1) is 5.41 Å². The molecule has 0 fully saturated rings. The van der Waals surface area contributed by atoms with Gasteiger partial charge in [0.05, 0.1) is 4.53 Å². The lowest BCUT2D eigenvalue weighted by atomic mass is 9.91. The van der Waals surface area contributed by atoms with Crippen LogP contribution < -0.4 is 20.1 Å². The number of Topliss-reactive ketones (excluding diaryl/α,β-unsaturated/α-hetero) is 1. The van der Waals surface area contributed by atoms with Crippen LogP contribution in [-0.4, -0.2) is 22.8 Å². The van der Waals surface area contributed by atoms with Gasteiger partial charge in [0.15, 0.2) is 5.78 Å². The maximum Gasteiger partial charge on any atom is 0.269 e. The van der Waals surface area contributed by atoms with E-state index in [1.165, 1.54) is 22.0 Å². The fraction of sp³-hybridized carbons (Fsp3) is 0.381. The zero-order valence-electron chi connectivity index (χ0n) is 16.5. The Morgan fingerprint density at radius 1 is 1.25 bits per heavy atom. The normalized spacial score (nSPS) is 13.0. The van der Waals surface area contributed by atoms with Crippen LogP contribution in [0.15, 0.2) is 29.1 Å². The molecule has 150 valence electrons. The van der Waals surface area contributed by atoms with E-state index >= 15 is 0 Å². The average molecular weight is 421 g/mol. The number of amides is 1. The Bertz CT molecular complexity index is 1040. The maximum atomic E-state index is 12.9. The molecule has 0 bridgehead atoms. The molecule has 28 heavy (non-hydrogen) atoms. The van der Waals surface area contributed by atoms with E-state index in [-0.39, 0.29) is 23.8 Å². The van der Waals surface area contributed by atoms with Gasteiger partial charge in [-0.15, -0.1) is 11.3 Å². The minimum atomic E-state index is -0.581. The summed E-state index contributed by atoms with van der Waals surface area (Å²) in [5.74, 6) is -0.371. The van der Waals surface area contributed by atoms with Crippen molar-refractivity contribution < 1.29 is 9.59 Å². The van der Waals surface area contributed by atoms with Crippen LogP contribution in [0.2, 0.25) is 5.02 Å². The van der Waals surface area contributed by atoms with Crippen molar-refractivity contribution in [2.45, 2.75) is 40.7 Å². The molecule has 0 aliphatic heterocycles. The standard InChI is InChI=1S/C21H25ClN2O3S/c1-5-10-23-18(26)13-24-19(12-17(25)21(2,3)4)28-16(20(24)27)11-14-8-6-7-9-15(14)22/h6-9,11-12H,5,10,13H2,1-4H3,(H,23,26)/b16-11+,19-12-. The number of nitrogens with zero attached hydrogens (tertiary/aromatic N) is 1. The Morgan fingerprint density at radius 3 is 2.54 bits per heavy atom. The summed E-state index contributed by atoms with van der Waals surface area (Å²) in [4.78, 5) is 37.6. The van der Waals surface area contributed by atoms with Gasteiger partial charge in [0.2, 0.25) is 5.91 Å². The van der Waals surface area contributed by atoms with Crippen LogP contribution in [0.5, 0.6) is 0 Å². The Morgan fingerprint density at radius 2 is 1.93 bits per heavy atom. The van der Waals surface area contributed by atoms with E-state index in [1.807, 2.05) is 45.9 Å². The van der Waals surface area contributed by atoms with Crippen LogP contribution in [0.4, 0.5) is 0 Å². The highest BCUT2D eigenvalue weighted by Crippen LogP contribution is 2.16. The first-order valence-corrected chi connectivity index (χ1v) is 10.3. The Hall–Kier alpha value is -2.18. The summed E-state index contributed by atoms with van der Waals surface area (Å²) in [5, 5.41) is 3.29. The van der Waals surface area contributed by atoms with E-state index in [9.17, 15) is 14.4 Å². The van der Waals surface area contributed by atoms with E-state index in [2.05, 4.69) is 5.32 Å². The van der Waals surface area contributed by atoms with Crippen LogP contribution >= 0.6 is 22.9 Å². The zero-order chi connectivity index (χ0) is 20.9. The second-order valence-corrected chi connectivity index (χ2v) is 8.94. The number of thiazole rings is 1. The molecule has 1 heterocycles. The second kappa shape index (κ2) is 9.34. The number of carbonyl (C=O) groups excluding carboxylic acids is 2. The molecule has 1 aromatic carbocycles. The number of hydrogen-bond acceptors (Lipinski definition) is 4. The highest BCUT2D eigenvalue weighted by atomic mass is 35.5. The number of rotatable bonds is 6. The van der Waals surface area contributed by atoms with Crippen LogP contribution in [0.1, 0.15) is 39.7 Å². The van der Waals surface area contributed by atoms with E-state index in [0.717, 1.165) is 6.42 Å². The maximum absolute atomic E-state index is 12.9. The van der Waals surface area contributed by atoms with E-state index in [1.54, 1.807) is 12.1 Å². The van der Waals surface area contributed by atoms with E-state index in [4.69, 9.17) is 11.6 Å². The monoisotopic (exact) mass is 420 g/mol. The number of hydrogen-bond donors (Lipinski definition) is 1. The Labute approximate surface area is 173 Å². The van der Waals surface area contributed by atoms with Gasteiger partial charge in [-0.05, 0) is 24.1 Å². The lowest BCUT2D eigenvalue weighted by Gasteiger charge is -2.12. The van der Waals surface area contributed by atoms with Gasteiger partial charge in [0, 0.05) is 23.1 Å². The third kappa shape index (κ3) is 5.66. The lowest BCUT2D eigenvalue weighted by Crippen LogP contribution is -2.38.